The molecule has 1 aliphatic heterocycles. The monoisotopic (exact) mass is 407 g/mol. The first kappa shape index (κ1) is 17.7. The van der Waals surface area contributed by atoms with E-state index in [-0.39, 0.29) is 0 Å². The lowest BCUT2D eigenvalue weighted by atomic mass is 10.3. The average Bonchev–Trinajstić information content (AvgIpc) is 3.03. The van der Waals surface area contributed by atoms with E-state index in [2.05, 4.69) is 34.9 Å². The fourth-order valence-corrected chi connectivity index (χ4v) is 3.54. The average molecular weight is 408 g/mol. The third-order valence-electron chi connectivity index (χ3n) is 4.88. The van der Waals surface area contributed by atoms with Crippen molar-refractivity contribution < 1.29 is 0 Å². The van der Waals surface area contributed by atoms with Gasteiger partial charge in [0.1, 0.15) is 5.82 Å². The molecule has 146 valence electrons. The lowest BCUT2D eigenvalue weighted by molar-refractivity contribution is 0.776. The van der Waals surface area contributed by atoms with Gasteiger partial charge in [-0.05, 0) is 30.7 Å². The fourth-order valence-electron chi connectivity index (χ4n) is 3.44. The summed E-state index contributed by atoms with van der Waals surface area (Å²) in [5, 5.41) is 13.9. The van der Waals surface area contributed by atoms with Crippen molar-refractivity contribution in [2.24, 2.45) is 0 Å². The summed E-state index contributed by atoms with van der Waals surface area (Å²) in [7, 11) is 0. The molecule has 1 saturated heterocycles. The minimum atomic E-state index is 0.543. The van der Waals surface area contributed by atoms with Crippen LogP contribution in [-0.2, 0) is 0 Å². The molecule has 1 fully saturated rings. The summed E-state index contributed by atoms with van der Waals surface area (Å²) in [5.41, 5.74) is 1.59. The largest absolute Gasteiger partial charge is 0.353 e. The van der Waals surface area contributed by atoms with E-state index in [9.17, 15) is 0 Å². The summed E-state index contributed by atoms with van der Waals surface area (Å²) in [6, 6.07) is 7.77. The van der Waals surface area contributed by atoms with E-state index in [1.807, 2.05) is 24.3 Å². The molecule has 0 N–H and O–H groups in total. The van der Waals surface area contributed by atoms with Crippen molar-refractivity contribution in [1.82, 2.24) is 34.8 Å². The molecule has 1 aliphatic rings. The van der Waals surface area contributed by atoms with Gasteiger partial charge in [0.2, 0.25) is 5.95 Å². The maximum absolute atomic E-state index is 5.90. The van der Waals surface area contributed by atoms with E-state index in [1.54, 1.807) is 29.3 Å². The summed E-state index contributed by atoms with van der Waals surface area (Å²) in [6.45, 7) is 3.40. The third-order valence-corrected chi connectivity index (χ3v) is 5.07. The number of anilines is 2. The van der Waals surface area contributed by atoms with E-state index < -0.39 is 0 Å². The molecule has 5 heterocycles. The van der Waals surface area contributed by atoms with Crippen molar-refractivity contribution in [2.45, 2.75) is 6.42 Å². The Kier molecular flexibility index (Phi) is 4.65. The smallest absolute Gasteiger partial charge is 0.225 e. The van der Waals surface area contributed by atoms with E-state index >= 15 is 0 Å². The number of aromatic nitrogens is 7. The summed E-state index contributed by atoms with van der Waals surface area (Å²) < 4.78 is 1.78. The predicted molar refractivity (Wildman–Crippen MR) is 110 cm³/mol. The maximum atomic E-state index is 5.90. The van der Waals surface area contributed by atoms with Gasteiger partial charge in [0.15, 0.2) is 11.5 Å². The second kappa shape index (κ2) is 7.59. The molecule has 0 atom stereocenters. The van der Waals surface area contributed by atoms with Gasteiger partial charge in [0.05, 0.1) is 17.4 Å². The highest BCUT2D eigenvalue weighted by Gasteiger charge is 2.19. The quantitative estimate of drug-likeness (QED) is 0.511. The summed E-state index contributed by atoms with van der Waals surface area (Å²) in [4.78, 5) is 17.3. The van der Waals surface area contributed by atoms with Crippen molar-refractivity contribution in [1.29, 1.82) is 0 Å². The SMILES string of the molecule is Clc1cnc(N2CCCN(c3ccc4nnc(-c5cccnc5)n4n3)CC2)nc1. The molecule has 10 heteroatoms. The molecule has 0 unspecified atom stereocenters. The first-order valence-electron chi connectivity index (χ1n) is 9.38. The molecule has 5 rings (SSSR count). The van der Waals surface area contributed by atoms with Gasteiger partial charge in [0.25, 0.3) is 0 Å². The van der Waals surface area contributed by atoms with Gasteiger partial charge in [-0.25, -0.2) is 9.97 Å². The van der Waals surface area contributed by atoms with Gasteiger partial charge in [-0.3, -0.25) is 4.98 Å². The number of nitrogens with zero attached hydrogens (tertiary/aromatic N) is 9. The summed E-state index contributed by atoms with van der Waals surface area (Å²) >= 11 is 5.90. The molecule has 4 aromatic rings. The summed E-state index contributed by atoms with van der Waals surface area (Å²) in [6.07, 6.45) is 7.74. The molecule has 0 spiro atoms. The molecule has 29 heavy (non-hydrogen) atoms. The van der Waals surface area contributed by atoms with Gasteiger partial charge in [0, 0.05) is 44.1 Å². The Labute approximate surface area is 172 Å². The van der Waals surface area contributed by atoms with Crippen LogP contribution in [0.15, 0.2) is 49.1 Å². The predicted octanol–water partition coefficient (Wildman–Crippen LogP) is 2.35. The lowest BCUT2D eigenvalue weighted by Gasteiger charge is -2.22. The Hall–Kier alpha value is -3.33. The zero-order chi connectivity index (χ0) is 19.6. The van der Waals surface area contributed by atoms with Crippen LogP contribution in [0, 0.1) is 0 Å². The highest BCUT2D eigenvalue weighted by molar-refractivity contribution is 6.30. The van der Waals surface area contributed by atoms with Crippen LogP contribution in [0.2, 0.25) is 5.02 Å². The highest BCUT2D eigenvalue weighted by atomic mass is 35.5. The van der Waals surface area contributed by atoms with E-state index in [1.165, 1.54) is 0 Å². The van der Waals surface area contributed by atoms with Crippen molar-refractivity contribution in [3.8, 4) is 11.4 Å². The molecule has 0 aliphatic carbocycles. The Morgan fingerprint density at radius 1 is 0.862 bits per heavy atom. The van der Waals surface area contributed by atoms with Gasteiger partial charge in [-0.15, -0.1) is 15.3 Å². The topological polar surface area (TPSA) is 88.2 Å². The van der Waals surface area contributed by atoms with E-state index in [4.69, 9.17) is 16.7 Å². The van der Waals surface area contributed by atoms with Crippen molar-refractivity contribution in [3.63, 3.8) is 0 Å². The molecule has 0 amide bonds. The number of hydrogen-bond acceptors (Lipinski definition) is 8. The van der Waals surface area contributed by atoms with Gasteiger partial charge in [-0.1, -0.05) is 11.6 Å². The second-order valence-corrected chi connectivity index (χ2v) is 7.19. The number of fused-ring (bicyclic) bond motifs is 1. The van der Waals surface area contributed by atoms with Crippen LogP contribution in [0.3, 0.4) is 0 Å². The van der Waals surface area contributed by atoms with Crippen LogP contribution in [0.25, 0.3) is 17.0 Å². The van der Waals surface area contributed by atoms with Crippen LogP contribution < -0.4 is 9.80 Å². The van der Waals surface area contributed by atoms with Gasteiger partial charge < -0.3 is 9.80 Å². The normalized spacial score (nSPS) is 14.9. The number of halogens is 1. The third kappa shape index (κ3) is 3.56. The number of hydrogen-bond donors (Lipinski definition) is 0. The molecule has 0 saturated carbocycles. The molecular formula is C19H18ClN9. The Bertz CT molecular complexity index is 1110. The van der Waals surface area contributed by atoms with Crippen LogP contribution in [0.5, 0.6) is 0 Å². The Balaban J connectivity index is 1.40. The first-order chi connectivity index (χ1) is 14.3. The zero-order valence-electron chi connectivity index (χ0n) is 15.6. The molecule has 0 aromatic carbocycles. The van der Waals surface area contributed by atoms with E-state index in [0.29, 0.717) is 22.4 Å². The van der Waals surface area contributed by atoms with Gasteiger partial charge in [-0.2, -0.15) is 4.52 Å². The minimum absolute atomic E-state index is 0.543. The Morgan fingerprint density at radius 2 is 1.69 bits per heavy atom. The minimum Gasteiger partial charge on any atom is -0.353 e. The van der Waals surface area contributed by atoms with E-state index in [0.717, 1.165) is 44.0 Å². The maximum Gasteiger partial charge on any atom is 0.225 e. The van der Waals surface area contributed by atoms with Crippen LogP contribution >= 0.6 is 11.6 Å². The van der Waals surface area contributed by atoms with Crippen molar-refractivity contribution >= 4 is 29.0 Å². The Morgan fingerprint density at radius 3 is 2.52 bits per heavy atom. The molecule has 4 aromatic heterocycles. The number of pyridine rings is 1. The van der Waals surface area contributed by atoms with Crippen LogP contribution in [0.4, 0.5) is 11.8 Å². The van der Waals surface area contributed by atoms with Crippen LogP contribution in [0.1, 0.15) is 6.42 Å². The summed E-state index contributed by atoms with van der Waals surface area (Å²) in [5.74, 6) is 2.28. The molecule has 0 bridgehead atoms. The fraction of sp³-hybridized carbons (Fsp3) is 0.263. The van der Waals surface area contributed by atoms with Gasteiger partial charge >= 0.3 is 0 Å². The van der Waals surface area contributed by atoms with Crippen molar-refractivity contribution in [3.05, 3.63) is 54.1 Å². The van der Waals surface area contributed by atoms with Crippen LogP contribution in [-0.4, -0.2) is 60.9 Å². The first-order valence-corrected chi connectivity index (χ1v) is 9.76. The molecule has 9 nitrogen and oxygen atoms in total. The highest BCUT2D eigenvalue weighted by Crippen LogP contribution is 2.20. The zero-order valence-corrected chi connectivity index (χ0v) is 16.3. The molecule has 0 radical (unpaired) electrons. The molecular weight excluding hydrogens is 390 g/mol. The standard InChI is InChI=1S/C19H18ClN9/c20-15-12-22-19(23-13-15)28-8-2-7-27(9-10-28)17-5-4-16-24-25-18(29(16)26-17)14-3-1-6-21-11-14/h1,3-6,11-13H,2,7-10H2. The number of rotatable bonds is 3. The lowest BCUT2D eigenvalue weighted by Crippen LogP contribution is -2.32. The van der Waals surface area contributed by atoms with Crippen molar-refractivity contribution in [2.75, 3.05) is 36.0 Å². The second-order valence-electron chi connectivity index (χ2n) is 6.76.